The van der Waals surface area contributed by atoms with Gasteiger partial charge < -0.3 is 14.0 Å². The standard InChI is InChI=1S/C28H26N2O2S/c1-21-9-2-7-15-26(21)32-19-20-33-28-29-24-13-5-6-14-25(24)30(28)17-18-31-27-16-8-11-22-10-3-4-12-23(22)27/h2-16H,17-20H2,1H3. The second-order valence-corrected chi connectivity index (χ2v) is 8.88. The van der Waals surface area contributed by atoms with Crippen LogP contribution in [0.3, 0.4) is 0 Å². The Labute approximate surface area is 198 Å². The molecule has 1 heterocycles. The van der Waals surface area contributed by atoms with Gasteiger partial charge in [0.1, 0.15) is 18.1 Å². The third-order valence-corrected chi connectivity index (χ3v) is 6.55. The van der Waals surface area contributed by atoms with Crippen molar-refractivity contribution in [2.24, 2.45) is 0 Å². The summed E-state index contributed by atoms with van der Waals surface area (Å²) in [5, 5.41) is 3.32. The van der Waals surface area contributed by atoms with E-state index in [1.165, 1.54) is 5.39 Å². The van der Waals surface area contributed by atoms with Crippen LogP contribution in [0.1, 0.15) is 5.56 Å². The van der Waals surface area contributed by atoms with Gasteiger partial charge in [0.25, 0.3) is 0 Å². The van der Waals surface area contributed by atoms with E-state index in [2.05, 4.69) is 60.0 Å². The van der Waals surface area contributed by atoms with Crippen molar-refractivity contribution in [1.82, 2.24) is 9.55 Å². The number of hydrogen-bond acceptors (Lipinski definition) is 4. The number of benzene rings is 4. The minimum atomic E-state index is 0.571. The van der Waals surface area contributed by atoms with Gasteiger partial charge in [-0.1, -0.05) is 78.5 Å². The third-order valence-electron chi connectivity index (χ3n) is 5.61. The maximum absolute atomic E-state index is 6.21. The number of para-hydroxylation sites is 3. The van der Waals surface area contributed by atoms with Gasteiger partial charge in [-0.05, 0) is 42.1 Å². The Morgan fingerprint density at radius 2 is 1.48 bits per heavy atom. The lowest BCUT2D eigenvalue weighted by Crippen LogP contribution is -2.10. The maximum Gasteiger partial charge on any atom is 0.169 e. The van der Waals surface area contributed by atoms with E-state index in [4.69, 9.17) is 14.5 Å². The van der Waals surface area contributed by atoms with E-state index in [1.54, 1.807) is 11.8 Å². The van der Waals surface area contributed by atoms with Gasteiger partial charge in [-0.2, -0.15) is 0 Å². The second kappa shape index (κ2) is 10.0. The molecule has 5 rings (SSSR count). The van der Waals surface area contributed by atoms with Gasteiger partial charge in [-0.25, -0.2) is 4.98 Å². The van der Waals surface area contributed by atoms with Crippen LogP contribution >= 0.6 is 11.8 Å². The highest BCUT2D eigenvalue weighted by Crippen LogP contribution is 2.27. The summed E-state index contributed by atoms with van der Waals surface area (Å²) >= 11 is 1.72. The third kappa shape index (κ3) is 4.83. The smallest absolute Gasteiger partial charge is 0.169 e. The van der Waals surface area contributed by atoms with Crippen molar-refractivity contribution >= 4 is 33.6 Å². The number of rotatable bonds is 9. The fourth-order valence-electron chi connectivity index (χ4n) is 3.95. The van der Waals surface area contributed by atoms with Gasteiger partial charge in [0.15, 0.2) is 5.16 Å². The molecule has 0 aliphatic carbocycles. The zero-order valence-corrected chi connectivity index (χ0v) is 19.4. The van der Waals surface area contributed by atoms with Crippen LogP contribution < -0.4 is 9.47 Å². The Kier molecular flexibility index (Phi) is 6.49. The topological polar surface area (TPSA) is 36.3 Å². The lowest BCUT2D eigenvalue weighted by molar-refractivity contribution is 0.299. The van der Waals surface area contributed by atoms with E-state index < -0.39 is 0 Å². The van der Waals surface area contributed by atoms with Crippen molar-refractivity contribution in [2.45, 2.75) is 18.6 Å². The molecule has 0 bridgehead atoms. The fourth-order valence-corrected chi connectivity index (χ4v) is 4.81. The fraction of sp³-hybridized carbons (Fsp3) is 0.179. The predicted molar refractivity (Wildman–Crippen MR) is 137 cm³/mol. The molecular weight excluding hydrogens is 428 g/mol. The van der Waals surface area contributed by atoms with E-state index in [1.807, 2.05) is 42.5 Å². The zero-order valence-electron chi connectivity index (χ0n) is 18.6. The molecule has 166 valence electrons. The molecular formula is C28H26N2O2S. The molecule has 0 saturated heterocycles. The quantitative estimate of drug-likeness (QED) is 0.182. The lowest BCUT2D eigenvalue weighted by Gasteiger charge is -2.12. The van der Waals surface area contributed by atoms with E-state index in [0.717, 1.165) is 50.9 Å². The summed E-state index contributed by atoms with van der Waals surface area (Å²) in [4.78, 5) is 4.87. The predicted octanol–water partition coefficient (Wildman–Crippen LogP) is 6.75. The summed E-state index contributed by atoms with van der Waals surface area (Å²) < 4.78 is 14.4. The summed E-state index contributed by atoms with van der Waals surface area (Å²) in [6, 6.07) is 30.9. The first kappa shape index (κ1) is 21.4. The molecule has 33 heavy (non-hydrogen) atoms. The normalized spacial score (nSPS) is 11.2. The number of aromatic nitrogens is 2. The van der Waals surface area contributed by atoms with Gasteiger partial charge in [-0.3, -0.25) is 0 Å². The van der Waals surface area contributed by atoms with Crippen molar-refractivity contribution in [3.05, 3.63) is 96.6 Å². The number of hydrogen-bond donors (Lipinski definition) is 0. The lowest BCUT2D eigenvalue weighted by atomic mass is 10.1. The molecule has 4 nitrogen and oxygen atoms in total. The van der Waals surface area contributed by atoms with Crippen LogP contribution in [0.5, 0.6) is 11.5 Å². The summed E-state index contributed by atoms with van der Waals surface area (Å²) in [7, 11) is 0. The Balaban J connectivity index is 1.27. The molecule has 0 fully saturated rings. The molecule has 0 atom stereocenters. The van der Waals surface area contributed by atoms with Crippen LogP contribution in [0, 0.1) is 6.92 Å². The molecule has 1 aromatic heterocycles. The molecule has 0 aliphatic heterocycles. The average Bonchev–Trinajstić information content (AvgIpc) is 3.20. The minimum absolute atomic E-state index is 0.571. The van der Waals surface area contributed by atoms with Crippen molar-refractivity contribution in [1.29, 1.82) is 0 Å². The van der Waals surface area contributed by atoms with E-state index in [-0.39, 0.29) is 0 Å². The van der Waals surface area contributed by atoms with E-state index >= 15 is 0 Å². The van der Waals surface area contributed by atoms with Gasteiger partial charge in [0.05, 0.1) is 24.2 Å². The molecule has 0 unspecified atom stereocenters. The van der Waals surface area contributed by atoms with E-state index in [9.17, 15) is 0 Å². The van der Waals surface area contributed by atoms with Crippen LogP contribution in [0.15, 0.2) is 96.2 Å². The number of imidazole rings is 1. The molecule has 0 saturated carbocycles. The van der Waals surface area contributed by atoms with Gasteiger partial charge in [0.2, 0.25) is 0 Å². The highest BCUT2D eigenvalue weighted by Gasteiger charge is 2.12. The van der Waals surface area contributed by atoms with Crippen molar-refractivity contribution in [3.63, 3.8) is 0 Å². The van der Waals surface area contributed by atoms with Crippen molar-refractivity contribution in [3.8, 4) is 11.5 Å². The largest absolute Gasteiger partial charge is 0.492 e. The van der Waals surface area contributed by atoms with Crippen LogP contribution in [-0.2, 0) is 6.54 Å². The Morgan fingerprint density at radius 3 is 2.42 bits per heavy atom. The van der Waals surface area contributed by atoms with Gasteiger partial charge >= 0.3 is 0 Å². The first-order valence-corrected chi connectivity index (χ1v) is 12.2. The average molecular weight is 455 g/mol. The zero-order chi connectivity index (χ0) is 22.5. The molecule has 5 heteroatoms. The molecule has 0 amide bonds. The van der Waals surface area contributed by atoms with Gasteiger partial charge in [0, 0.05) is 11.1 Å². The first-order valence-electron chi connectivity index (χ1n) is 11.2. The van der Waals surface area contributed by atoms with Crippen molar-refractivity contribution < 1.29 is 9.47 Å². The highest BCUT2D eigenvalue weighted by molar-refractivity contribution is 7.99. The Morgan fingerprint density at radius 1 is 0.758 bits per heavy atom. The van der Waals surface area contributed by atoms with Crippen molar-refractivity contribution in [2.75, 3.05) is 19.0 Å². The highest BCUT2D eigenvalue weighted by atomic mass is 32.2. The molecule has 0 spiro atoms. The van der Waals surface area contributed by atoms with Crippen LogP contribution in [0.2, 0.25) is 0 Å². The Bertz CT molecular complexity index is 1370. The van der Waals surface area contributed by atoms with Gasteiger partial charge in [-0.15, -0.1) is 0 Å². The van der Waals surface area contributed by atoms with Crippen LogP contribution in [0.4, 0.5) is 0 Å². The minimum Gasteiger partial charge on any atom is -0.492 e. The molecule has 4 aromatic carbocycles. The first-order chi connectivity index (χ1) is 16.3. The summed E-state index contributed by atoms with van der Waals surface area (Å²) in [5.41, 5.74) is 3.28. The number of fused-ring (bicyclic) bond motifs is 2. The summed E-state index contributed by atoms with van der Waals surface area (Å²) in [5.74, 6) is 2.68. The monoisotopic (exact) mass is 454 g/mol. The number of nitrogens with zero attached hydrogens (tertiary/aromatic N) is 2. The number of thioether (sulfide) groups is 1. The molecule has 0 aliphatic rings. The van der Waals surface area contributed by atoms with E-state index in [0.29, 0.717) is 13.2 Å². The SMILES string of the molecule is Cc1ccccc1OCCSc1nc2ccccc2n1CCOc1cccc2ccccc12. The second-order valence-electron chi connectivity index (χ2n) is 7.82. The molecule has 5 aromatic rings. The molecule has 0 radical (unpaired) electrons. The van der Waals surface area contributed by atoms with Crippen LogP contribution in [0.25, 0.3) is 21.8 Å². The number of aryl methyl sites for hydroxylation is 1. The summed E-state index contributed by atoms with van der Waals surface area (Å²) in [6.07, 6.45) is 0. The molecule has 0 N–H and O–H groups in total. The number of ether oxygens (including phenoxy) is 2. The Hall–Kier alpha value is -3.44. The maximum atomic E-state index is 6.21. The van der Waals surface area contributed by atoms with Crippen LogP contribution in [-0.4, -0.2) is 28.5 Å². The summed E-state index contributed by atoms with van der Waals surface area (Å²) in [6.45, 7) is 4.00.